The van der Waals surface area contributed by atoms with Crippen molar-refractivity contribution in [2.24, 2.45) is 5.73 Å². The minimum atomic E-state index is -1.03. The Bertz CT molecular complexity index is 662. The second-order valence-corrected chi connectivity index (χ2v) is 6.09. The van der Waals surface area contributed by atoms with Gasteiger partial charge in [0.2, 0.25) is 5.91 Å². The number of nitrogens with two attached hydrogens (primary N) is 1. The summed E-state index contributed by atoms with van der Waals surface area (Å²) >= 11 is 0. The van der Waals surface area contributed by atoms with E-state index in [0.717, 1.165) is 11.1 Å². The lowest BCUT2D eigenvalue weighted by molar-refractivity contribution is -0.144. The molecule has 0 radical (unpaired) electrons. The van der Waals surface area contributed by atoms with E-state index in [4.69, 9.17) is 10.5 Å². The smallest absolute Gasteiger partial charge is 0.247 e. The summed E-state index contributed by atoms with van der Waals surface area (Å²) in [5, 5.41) is 0. The first-order chi connectivity index (χ1) is 11.1. The van der Waals surface area contributed by atoms with Gasteiger partial charge in [-0.1, -0.05) is 60.7 Å². The maximum absolute atomic E-state index is 12.9. The molecule has 4 nitrogen and oxygen atoms in total. The molecule has 1 fully saturated rings. The van der Waals surface area contributed by atoms with E-state index in [2.05, 4.69) is 0 Å². The number of rotatable bonds is 3. The van der Waals surface area contributed by atoms with Crippen LogP contribution in [0.5, 0.6) is 0 Å². The predicted octanol–water partition coefficient (Wildman–Crippen LogP) is 2.88. The van der Waals surface area contributed by atoms with Gasteiger partial charge < -0.3 is 15.4 Å². The number of nitrogens with zero attached hydrogens (tertiary/aromatic N) is 1. The lowest BCUT2D eigenvalue weighted by Gasteiger charge is -2.37. The summed E-state index contributed by atoms with van der Waals surface area (Å²) in [7, 11) is 0. The summed E-state index contributed by atoms with van der Waals surface area (Å²) in [6.07, 6.45) is -0.0968. The second-order valence-electron chi connectivity index (χ2n) is 6.09. The highest BCUT2D eigenvalue weighted by molar-refractivity contribution is 5.87. The van der Waals surface area contributed by atoms with Crippen molar-refractivity contribution in [3.05, 3.63) is 71.8 Å². The van der Waals surface area contributed by atoms with Crippen LogP contribution < -0.4 is 5.73 Å². The van der Waals surface area contributed by atoms with Crippen LogP contribution in [0.4, 0.5) is 0 Å². The molecule has 128 valence electrons. The van der Waals surface area contributed by atoms with Crippen molar-refractivity contribution in [2.45, 2.75) is 18.6 Å². The lowest BCUT2D eigenvalue weighted by Crippen LogP contribution is -2.54. The second kappa shape index (κ2) is 7.79. The molecule has 2 N–H and O–H groups in total. The topological polar surface area (TPSA) is 55.6 Å². The third-order valence-electron chi connectivity index (χ3n) is 4.34. The first-order valence-electron chi connectivity index (χ1n) is 7.89. The zero-order valence-corrected chi connectivity index (χ0v) is 14.5. The Morgan fingerprint density at radius 3 is 2.33 bits per heavy atom. The van der Waals surface area contributed by atoms with Gasteiger partial charge in [0.15, 0.2) is 0 Å². The SMILES string of the molecule is CC(N)(C(=O)N1CCOC(c2ccccc2)C1)c1ccccc1.Cl. The third-order valence-corrected chi connectivity index (χ3v) is 4.34. The molecular weight excluding hydrogens is 324 g/mol. The van der Waals surface area contributed by atoms with Crippen LogP contribution in [0, 0.1) is 0 Å². The summed E-state index contributed by atoms with van der Waals surface area (Å²) < 4.78 is 5.83. The van der Waals surface area contributed by atoms with Crippen LogP contribution in [-0.2, 0) is 15.1 Å². The molecule has 0 spiro atoms. The Morgan fingerprint density at radius 1 is 1.12 bits per heavy atom. The number of carbonyl (C=O) groups is 1. The first kappa shape index (κ1) is 18.5. The number of hydrogen-bond donors (Lipinski definition) is 1. The van der Waals surface area contributed by atoms with E-state index in [9.17, 15) is 4.79 Å². The van der Waals surface area contributed by atoms with Gasteiger partial charge in [-0.15, -0.1) is 12.4 Å². The van der Waals surface area contributed by atoms with E-state index in [1.807, 2.05) is 65.6 Å². The van der Waals surface area contributed by atoms with Crippen molar-refractivity contribution >= 4 is 18.3 Å². The number of morpholine rings is 1. The molecule has 1 amide bonds. The fourth-order valence-corrected chi connectivity index (χ4v) is 2.94. The summed E-state index contributed by atoms with van der Waals surface area (Å²) in [4.78, 5) is 14.8. The van der Waals surface area contributed by atoms with Crippen molar-refractivity contribution in [3.63, 3.8) is 0 Å². The van der Waals surface area contributed by atoms with Crippen LogP contribution in [0.3, 0.4) is 0 Å². The Labute approximate surface area is 149 Å². The average molecular weight is 347 g/mol. The molecule has 5 heteroatoms. The molecule has 0 aromatic heterocycles. The Morgan fingerprint density at radius 2 is 1.71 bits per heavy atom. The summed E-state index contributed by atoms with van der Waals surface area (Å²) in [5.41, 5.74) is 7.25. The quantitative estimate of drug-likeness (QED) is 0.929. The zero-order chi connectivity index (χ0) is 16.3. The fraction of sp³-hybridized carbons (Fsp3) is 0.316. The monoisotopic (exact) mass is 346 g/mol. The van der Waals surface area contributed by atoms with E-state index in [0.29, 0.717) is 19.7 Å². The highest BCUT2D eigenvalue weighted by Crippen LogP contribution is 2.26. The highest BCUT2D eigenvalue weighted by Gasteiger charge is 2.36. The van der Waals surface area contributed by atoms with Gasteiger partial charge in [0.25, 0.3) is 0 Å². The molecule has 0 bridgehead atoms. The Hall–Kier alpha value is -1.88. The molecule has 1 heterocycles. The van der Waals surface area contributed by atoms with Crippen molar-refractivity contribution in [1.82, 2.24) is 4.90 Å². The van der Waals surface area contributed by atoms with Crippen molar-refractivity contribution in [2.75, 3.05) is 19.7 Å². The largest absolute Gasteiger partial charge is 0.370 e. The predicted molar refractivity (Wildman–Crippen MR) is 96.9 cm³/mol. The van der Waals surface area contributed by atoms with Gasteiger partial charge in [0.1, 0.15) is 11.6 Å². The van der Waals surface area contributed by atoms with Gasteiger partial charge in [-0.05, 0) is 18.1 Å². The molecule has 3 rings (SSSR count). The molecule has 24 heavy (non-hydrogen) atoms. The molecule has 2 aromatic rings. The normalized spacial score (nSPS) is 19.9. The number of hydrogen-bond acceptors (Lipinski definition) is 3. The minimum Gasteiger partial charge on any atom is -0.370 e. The molecule has 0 saturated carbocycles. The maximum atomic E-state index is 12.9. The number of carbonyl (C=O) groups excluding carboxylic acids is 1. The summed E-state index contributed by atoms with van der Waals surface area (Å²) in [6.45, 7) is 3.40. The number of ether oxygens (including phenoxy) is 1. The van der Waals surface area contributed by atoms with E-state index >= 15 is 0 Å². The summed E-state index contributed by atoms with van der Waals surface area (Å²) in [5.74, 6) is -0.0621. The maximum Gasteiger partial charge on any atom is 0.247 e. The van der Waals surface area contributed by atoms with Gasteiger partial charge in [0, 0.05) is 6.54 Å². The summed E-state index contributed by atoms with van der Waals surface area (Å²) in [6, 6.07) is 19.5. The molecule has 0 aliphatic carbocycles. The third kappa shape index (κ3) is 3.78. The van der Waals surface area contributed by atoms with Crippen molar-refractivity contribution in [1.29, 1.82) is 0 Å². The highest BCUT2D eigenvalue weighted by atomic mass is 35.5. The molecule has 1 aliphatic rings. The van der Waals surface area contributed by atoms with Crippen LogP contribution in [0.1, 0.15) is 24.2 Å². The Kier molecular flexibility index (Phi) is 5.99. The molecule has 1 saturated heterocycles. The van der Waals surface area contributed by atoms with Gasteiger partial charge in [-0.3, -0.25) is 4.79 Å². The average Bonchev–Trinajstić information content (AvgIpc) is 2.62. The van der Waals surface area contributed by atoms with Crippen molar-refractivity contribution < 1.29 is 9.53 Å². The number of benzene rings is 2. The number of amides is 1. The van der Waals surface area contributed by atoms with Crippen LogP contribution in [0.15, 0.2) is 60.7 Å². The zero-order valence-electron chi connectivity index (χ0n) is 13.7. The Balaban J connectivity index is 0.00000208. The van der Waals surface area contributed by atoms with E-state index in [1.54, 1.807) is 6.92 Å². The minimum absolute atomic E-state index is 0. The van der Waals surface area contributed by atoms with Gasteiger partial charge in [0.05, 0.1) is 13.2 Å². The van der Waals surface area contributed by atoms with E-state index in [-0.39, 0.29) is 24.4 Å². The molecule has 2 unspecified atom stereocenters. The molecule has 2 atom stereocenters. The van der Waals surface area contributed by atoms with Crippen LogP contribution in [-0.4, -0.2) is 30.5 Å². The standard InChI is InChI=1S/C19H22N2O2.ClH/c1-19(20,16-10-6-3-7-11-16)18(22)21-12-13-23-17(14-21)15-8-4-2-5-9-15;/h2-11,17H,12-14,20H2,1H3;1H. The van der Waals surface area contributed by atoms with Gasteiger partial charge in [-0.25, -0.2) is 0 Å². The van der Waals surface area contributed by atoms with E-state index in [1.165, 1.54) is 0 Å². The molecular formula is C19H23ClN2O2. The molecule has 1 aliphatic heterocycles. The van der Waals surface area contributed by atoms with Crippen LogP contribution in [0.25, 0.3) is 0 Å². The van der Waals surface area contributed by atoms with Gasteiger partial charge >= 0.3 is 0 Å². The van der Waals surface area contributed by atoms with Crippen molar-refractivity contribution in [3.8, 4) is 0 Å². The fourth-order valence-electron chi connectivity index (χ4n) is 2.94. The van der Waals surface area contributed by atoms with E-state index < -0.39 is 5.54 Å². The first-order valence-corrected chi connectivity index (χ1v) is 7.89. The van der Waals surface area contributed by atoms with Gasteiger partial charge in [-0.2, -0.15) is 0 Å². The van der Waals surface area contributed by atoms with Crippen LogP contribution in [0.2, 0.25) is 0 Å². The molecule has 2 aromatic carbocycles. The lowest BCUT2D eigenvalue weighted by atomic mass is 9.91. The number of halogens is 1. The van der Waals surface area contributed by atoms with Crippen LogP contribution >= 0.6 is 12.4 Å².